The minimum absolute atomic E-state index is 0.0513. The predicted octanol–water partition coefficient (Wildman–Crippen LogP) is 6.04. The Balaban J connectivity index is 2.85. The average molecular weight is 400 g/mol. The first-order chi connectivity index (χ1) is 13.3. The number of aliphatic hydroxyl groups excluding tert-OH is 1. The van der Waals surface area contributed by atoms with Crippen molar-refractivity contribution in [3.63, 3.8) is 0 Å². The van der Waals surface area contributed by atoms with Crippen LogP contribution in [0.1, 0.15) is 81.8 Å². The van der Waals surface area contributed by atoms with Crippen molar-refractivity contribution in [3.05, 3.63) is 52.9 Å². The van der Waals surface area contributed by atoms with E-state index in [4.69, 9.17) is 4.98 Å². The van der Waals surface area contributed by atoms with E-state index in [9.17, 15) is 9.32 Å². The Labute approximate surface area is 172 Å². The molecule has 2 aromatic rings. The van der Waals surface area contributed by atoms with Crippen LogP contribution in [0.5, 0.6) is 0 Å². The maximum Gasteiger partial charge on any atom is 0.0706 e. The molecule has 0 radical (unpaired) electrons. The number of hydrogen-bond donors (Lipinski definition) is 1. The molecule has 152 valence electrons. The van der Waals surface area contributed by atoms with Crippen molar-refractivity contribution in [1.29, 1.82) is 0 Å². The van der Waals surface area contributed by atoms with Gasteiger partial charge in [0.15, 0.2) is 0 Å². The summed E-state index contributed by atoms with van der Waals surface area (Å²) in [6.07, 6.45) is 8.14. The molecule has 1 unspecified atom stereocenters. The van der Waals surface area contributed by atoms with Gasteiger partial charge in [-0.15, -0.1) is 0 Å². The molecule has 0 saturated heterocycles. The first-order valence-corrected chi connectivity index (χ1v) is 11.6. The molecule has 2 rings (SSSR count). The van der Waals surface area contributed by atoms with Crippen LogP contribution in [0.3, 0.4) is 0 Å². The van der Waals surface area contributed by atoms with Crippen molar-refractivity contribution in [3.8, 4) is 11.1 Å². The van der Waals surface area contributed by atoms with Crippen LogP contribution in [0.4, 0.5) is 0 Å². The number of allylic oxidation sites excluding steroid dienone is 1. The summed E-state index contributed by atoms with van der Waals surface area (Å²) in [7, 11) is -1.01. The van der Waals surface area contributed by atoms with Gasteiger partial charge in [-0.3, -0.25) is 9.19 Å². The van der Waals surface area contributed by atoms with Crippen molar-refractivity contribution in [1.82, 2.24) is 4.98 Å². The van der Waals surface area contributed by atoms with Crippen LogP contribution in [0.25, 0.3) is 17.2 Å². The lowest BCUT2D eigenvalue weighted by atomic mass is 9.87. The number of benzene rings is 1. The molecule has 0 amide bonds. The molecular formula is C24H33NO2S. The van der Waals surface area contributed by atoms with Crippen LogP contribution in [-0.4, -0.2) is 20.6 Å². The molecule has 0 fully saturated rings. The lowest BCUT2D eigenvalue weighted by Gasteiger charge is -2.23. The number of pyridine rings is 1. The van der Waals surface area contributed by atoms with E-state index >= 15 is 0 Å². The Hall–Kier alpha value is -1.78. The zero-order valence-electron chi connectivity index (χ0n) is 18.0. The van der Waals surface area contributed by atoms with E-state index < -0.39 is 10.8 Å². The van der Waals surface area contributed by atoms with Crippen LogP contribution in [-0.2, 0) is 17.4 Å². The fourth-order valence-electron chi connectivity index (χ4n) is 3.43. The van der Waals surface area contributed by atoms with E-state index in [1.165, 1.54) is 0 Å². The predicted molar refractivity (Wildman–Crippen MR) is 120 cm³/mol. The molecule has 28 heavy (non-hydrogen) atoms. The van der Waals surface area contributed by atoms with Crippen LogP contribution in [0, 0.1) is 0 Å². The summed E-state index contributed by atoms with van der Waals surface area (Å²) in [5, 5.41) is 10.3. The third-order valence-corrected chi connectivity index (χ3v) is 5.80. The van der Waals surface area contributed by atoms with Gasteiger partial charge in [0.1, 0.15) is 0 Å². The fraction of sp³-hybridized carbons (Fsp3) is 0.458. The number of aliphatic hydroxyl groups is 1. The van der Waals surface area contributed by atoms with Gasteiger partial charge in [-0.05, 0) is 41.5 Å². The van der Waals surface area contributed by atoms with Crippen LogP contribution < -0.4 is 0 Å². The third-order valence-electron chi connectivity index (χ3n) is 4.86. The van der Waals surface area contributed by atoms with Gasteiger partial charge in [-0.25, -0.2) is 0 Å². The number of aromatic nitrogens is 1. The largest absolute Gasteiger partial charge is 0.392 e. The highest BCUT2D eigenvalue weighted by molar-refractivity contribution is 7.84. The molecular weight excluding hydrogens is 366 g/mol. The highest BCUT2D eigenvalue weighted by atomic mass is 32.2. The molecule has 1 heterocycles. The van der Waals surface area contributed by atoms with Crippen LogP contribution in [0.2, 0.25) is 0 Å². The van der Waals surface area contributed by atoms with Gasteiger partial charge in [0.05, 0.1) is 12.3 Å². The lowest BCUT2D eigenvalue weighted by molar-refractivity contribution is 0.280. The van der Waals surface area contributed by atoms with Gasteiger partial charge in [-0.2, -0.15) is 0 Å². The number of unbranched alkanes of at least 4 members (excludes halogenated alkanes) is 1. The molecule has 1 atom stereocenters. The Morgan fingerprint density at radius 1 is 1.07 bits per heavy atom. The smallest absolute Gasteiger partial charge is 0.0706 e. The Morgan fingerprint density at radius 3 is 2.14 bits per heavy atom. The van der Waals surface area contributed by atoms with Crippen molar-refractivity contribution < 1.29 is 9.32 Å². The minimum atomic E-state index is -1.01. The second-order valence-electron chi connectivity index (χ2n) is 7.79. The summed E-state index contributed by atoms with van der Waals surface area (Å²) < 4.78 is 11.8. The Morgan fingerprint density at radius 2 is 1.68 bits per heavy atom. The highest BCUT2D eigenvalue weighted by Crippen LogP contribution is 2.37. The van der Waals surface area contributed by atoms with Gasteiger partial charge in [-0.1, -0.05) is 65.3 Å². The monoisotopic (exact) mass is 399 g/mol. The third kappa shape index (κ3) is 4.98. The summed E-state index contributed by atoms with van der Waals surface area (Å²) in [6, 6.07) is 7.85. The summed E-state index contributed by atoms with van der Waals surface area (Å²) >= 11 is 0. The molecule has 1 aromatic heterocycles. The van der Waals surface area contributed by atoms with Gasteiger partial charge >= 0.3 is 0 Å². The maximum absolute atomic E-state index is 11.8. The highest BCUT2D eigenvalue weighted by Gasteiger charge is 2.22. The summed E-state index contributed by atoms with van der Waals surface area (Å²) in [5.41, 5.74) is 6.07. The Bertz CT molecular complexity index is 852. The van der Waals surface area contributed by atoms with Crippen LogP contribution in [0.15, 0.2) is 35.2 Å². The van der Waals surface area contributed by atoms with E-state index in [1.807, 2.05) is 24.3 Å². The maximum atomic E-state index is 11.8. The normalized spacial score (nSPS) is 13.0. The molecule has 1 aromatic carbocycles. The van der Waals surface area contributed by atoms with Crippen molar-refractivity contribution in [2.75, 3.05) is 6.26 Å². The second-order valence-corrected chi connectivity index (χ2v) is 9.17. The first-order valence-electron chi connectivity index (χ1n) is 10.1. The Kier molecular flexibility index (Phi) is 8.14. The van der Waals surface area contributed by atoms with E-state index in [-0.39, 0.29) is 18.4 Å². The zero-order chi connectivity index (χ0) is 20.8. The minimum Gasteiger partial charge on any atom is -0.392 e. The molecule has 0 aliphatic heterocycles. The van der Waals surface area contributed by atoms with E-state index in [1.54, 1.807) is 6.26 Å². The molecule has 0 aliphatic rings. The molecule has 0 spiro atoms. The average Bonchev–Trinajstić information content (AvgIpc) is 2.66. The molecule has 0 aliphatic carbocycles. The van der Waals surface area contributed by atoms with E-state index in [0.717, 1.165) is 51.4 Å². The molecule has 4 heteroatoms. The van der Waals surface area contributed by atoms with Gasteiger partial charge in [0.2, 0.25) is 0 Å². The lowest BCUT2D eigenvalue weighted by Crippen LogP contribution is -2.10. The number of nitrogens with zero attached hydrogens (tertiary/aromatic N) is 1. The van der Waals surface area contributed by atoms with Crippen molar-refractivity contribution >= 4 is 16.9 Å². The van der Waals surface area contributed by atoms with Crippen LogP contribution >= 0.6 is 0 Å². The summed E-state index contributed by atoms with van der Waals surface area (Å²) in [6.45, 7) is 10.7. The number of hydrogen-bond acceptors (Lipinski definition) is 3. The van der Waals surface area contributed by atoms with Crippen molar-refractivity contribution in [2.45, 2.75) is 70.8 Å². The topological polar surface area (TPSA) is 50.2 Å². The standard InChI is InChI=1S/C24H33NO2S/c1-7-8-9-10-20-22(18-11-13-19(14-12-18)28(6)27)21(15-26)24(17(4)5)25-23(20)16(2)3/h9-14,16-17,26H,7-8,15H2,1-6H3/b10-9+. The van der Waals surface area contributed by atoms with Gasteiger partial charge in [0.25, 0.3) is 0 Å². The SMILES string of the molecule is CCC/C=C/c1c(C(C)C)nc(C(C)C)c(CO)c1-c1ccc(S(C)=O)cc1. The van der Waals surface area contributed by atoms with Gasteiger partial charge in [0, 0.05) is 38.8 Å². The number of rotatable bonds is 8. The first kappa shape index (κ1) is 22.5. The molecule has 0 saturated carbocycles. The second kappa shape index (κ2) is 10.1. The molecule has 1 N–H and O–H groups in total. The fourth-order valence-corrected chi connectivity index (χ4v) is 3.95. The van der Waals surface area contributed by atoms with Crippen molar-refractivity contribution in [2.24, 2.45) is 0 Å². The van der Waals surface area contributed by atoms with E-state index in [0.29, 0.717) is 0 Å². The molecule has 0 bridgehead atoms. The summed E-state index contributed by atoms with van der Waals surface area (Å²) in [5.74, 6) is 0.488. The zero-order valence-corrected chi connectivity index (χ0v) is 18.8. The summed E-state index contributed by atoms with van der Waals surface area (Å²) in [4.78, 5) is 5.80. The van der Waals surface area contributed by atoms with Gasteiger partial charge < -0.3 is 5.11 Å². The van der Waals surface area contributed by atoms with E-state index in [2.05, 4.69) is 46.8 Å². The molecule has 3 nitrogen and oxygen atoms in total. The quantitative estimate of drug-likeness (QED) is 0.589.